The van der Waals surface area contributed by atoms with Crippen molar-refractivity contribution in [1.29, 1.82) is 0 Å². The first-order valence-corrected chi connectivity index (χ1v) is 5.89. The standard InChI is InChI=1S/C13H12N2O6/c1-20-11-4-2-8(15(18)19)6-10(11)14-7-9-3-5-12(21-9)13(16)17/h2-6,14H,7H2,1H3,(H,16,17). The van der Waals surface area contributed by atoms with Gasteiger partial charge in [-0.2, -0.15) is 0 Å². The number of ether oxygens (including phenoxy) is 1. The van der Waals surface area contributed by atoms with Crippen molar-refractivity contribution in [3.05, 3.63) is 52.0 Å². The van der Waals surface area contributed by atoms with E-state index in [1.54, 1.807) is 0 Å². The fraction of sp³-hybridized carbons (Fsp3) is 0.154. The summed E-state index contributed by atoms with van der Waals surface area (Å²) in [6, 6.07) is 6.99. The van der Waals surface area contributed by atoms with Crippen LogP contribution in [0.1, 0.15) is 16.3 Å². The molecule has 0 aliphatic rings. The van der Waals surface area contributed by atoms with Crippen molar-refractivity contribution in [2.24, 2.45) is 0 Å². The minimum Gasteiger partial charge on any atom is -0.495 e. The van der Waals surface area contributed by atoms with Crippen molar-refractivity contribution >= 4 is 17.3 Å². The highest BCUT2D eigenvalue weighted by atomic mass is 16.6. The second kappa shape index (κ2) is 5.95. The lowest BCUT2D eigenvalue weighted by atomic mass is 10.2. The van der Waals surface area contributed by atoms with Gasteiger partial charge in [0, 0.05) is 12.1 Å². The Balaban J connectivity index is 2.15. The van der Waals surface area contributed by atoms with Gasteiger partial charge in [0.05, 0.1) is 24.3 Å². The molecule has 0 atom stereocenters. The number of furan rings is 1. The summed E-state index contributed by atoms with van der Waals surface area (Å²) >= 11 is 0. The number of nitrogens with zero attached hydrogens (tertiary/aromatic N) is 1. The third-order valence-corrected chi connectivity index (χ3v) is 2.72. The van der Waals surface area contributed by atoms with Crippen LogP contribution in [0.5, 0.6) is 5.75 Å². The van der Waals surface area contributed by atoms with E-state index in [9.17, 15) is 14.9 Å². The van der Waals surface area contributed by atoms with Crippen molar-refractivity contribution in [2.45, 2.75) is 6.54 Å². The van der Waals surface area contributed by atoms with E-state index in [4.69, 9.17) is 14.3 Å². The van der Waals surface area contributed by atoms with Crippen LogP contribution in [0.25, 0.3) is 0 Å². The zero-order chi connectivity index (χ0) is 15.4. The van der Waals surface area contributed by atoms with Crippen LogP contribution >= 0.6 is 0 Å². The van der Waals surface area contributed by atoms with Gasteiger partial charge in [-0.15, -0.1) is 0 Å². The number of aromatic carboxylic acids is 1. The number of methoxy groups -OCH3 is 1. The second-order valence-corrected chi connectivity index (χ2v) is 4.07. The molecule has 1 heterocycles. The molecule has 0 amide bonds. The molecule has 0 spiro atoms. The van der Waals surface area contributed by atoms with Gasteiger partial charge in [0.15, 0.2) is 0 Å². The number of benzene rings is 1. The first kappa shape index (κ1) is 14.4. The maximum Gasteiger partial charge on any atom is 0.371 e. The van der Waals surface area contributed by atoms with Crippen LogP contribution in [0.15, 0.2) is 34.7 Å². The van der Waals surface area contributed by atoms with E-state index in [0.29, 0.717) is 17.2 Å². The lowest BCUT2D eigenvalue weighted by molar-refractivity contribution is -0.384. The third-order valence-electron chi connectivity index (χ3n) is 2.72. The molecule has 0 saturated heterocycles. The normalized spacial score (nSPS) is 10.1. The summed E-state index contributed by atoms with van der Waals surface area (Å²) in [5, 5.41) is 22.4. The van der Waals surface area contributed by atoms with E-state index in [2.05, 4.69) is 5.32 Å². The third kappa shape index (κ3) is 3.30. The molecule has 0 fully saturated rings. The number of anilines is 1. The van der Waals surface area contributed by atoms with Gasteiger partial charge in [0.2, 0.25) is 5.76 Å². The van der Waals surface area contributed by atoms with Gasteiger partial charge in [0.1, 0.15) is 11.5 Å². The van der Waals surface area contributed by atoms with Crippen molar-refractivity contribution < 1.29 is 24.0 Å². The number of non-ortho nitro benzene ring substituents is 1. The van der Waals surface area contributed by atoms with Gasteiger partial charge in [-0.05, 0) is 18.2 Å². The summed E-state index contributed by atoms with van der Waals surface area (Å²) in [6.45, 7) is 0.171. The van der Waals surface area contributed by atoms with E-state index in [0.717, 1.165) is 0 Å². The maximum absolute atomic E-state index is 10.8. The molecule has 110 valence electrons. The first-order chi connectivity index (χ1) is 10.0. The Bertz CT molecular complexity index is 679. The molecule has 0 aliphatic heterocycles. The van der Waals surface area contributed by atoms with E-state index >= 15 is 0 Å². The Kier molecular flexibility index (Phi) is 4.07. The SMILES string of the molecule is COc1ccc([N+](=O)[O-])cc1NCc1ccc(C(=O)O)o1. The predicted octanol–water partition coefficient (Wildman–Crippen LogP) is 2.51. The summed E-state index contributed by atoms with van der Waals surface area (Å²) in [5.41, 5.74) is 0.337. The minimum atomic E-state index is -1.16. The Labute approximate surface area is 119 Å². The lowest BCUT2D eigenvalue weighted by Crippen LogP contribution is -2.01. The van der Waals surface area contributed by atoms with E-state index in [-0.39, 0.29) is 18.0 Å². The Morgan fingerprint density at radius 2 is 2.19 bits per heavy atom. The zero-order valence-corrected chi connectivity index (χ0v) is 11.0. The van der Waals surface area contributed by atoms with Gasteiger partial charge < -0.3 is 19.6 Å². The van der Waals surface area contributed by atoms with Crippen LogP contribution in [-0.2, 0) is 6.54 Å². The van der Waals surface area contributed by atoms with Crippen LogP contribution in [0.2, 0.25) is 0 Å². The molecule has 2 N–H and O–H groups in total. The topological polar surface area (TPSA) is 115 Å². The van der Waals surface area contributed by atoms with E-state index in [1.165, 1.54) is 37.4 Å². The molecule has 1 aromatic carbocycles. The number of carboxylic acids is 1. The van der Waals surface area contributed by atoms with Crippen molar-refractivity contribution in [3.63, 3.8) is 0 Å². The number of hydrogen-bond donors (Lipinski definition) is 2. The van der Waals surface area contributed by atoms with Gasteiger partial charge >= 0.3 is 5.97 Å². The Morgan fingerprint density at radius 3 is 2.76 bits per heavy atom. The first-order valence-electron chi connectivity index (χ1n) is 5.89. The zero-order valence-electron chi connectivity index (χ0n) is 11.0. The van der Waals surface area contributed by atoms with Crippen LogP contribution in [0, 0.1) is 10.1 Å². The summed E-state index contributed by atoms with van der Waals surface area (Å²) in [4.78, 5) is 20.9. The van der Waals surface area contributed by atoms with Crippen molar-refractivity contribution in [3.8, 4) is 5.75 Å². The number of rotatable bonds is 6. The molecule has 0 radical (unpaired) electrons. The minimum absolute atomic E-state index is 0.0797. The predicted molar refractivity (Wildman–Crippen MR) is 72.6 cm³/mol. The highest BCUT2D eigenvalue weighted by molar-refractivity contribution is 5.84. The summed E-state index contributed by atoms with van der Waals surface area (Å²) in [7, 11) is 1.45. The van der Waals surface area contributed by atoms with Crippen LogP contribution < -0.4 is 10.1 Å². The number of nitrogens with one attached hydrogen (secondary N) is 1. The molecule has 8 heteroatoms. The molecular formula is C13H12N2O6. The smallest absolute Gasteiger partial charge is 0.371 e. The molecule has 0 aliphatic carbocycles. The Hall–Kier alpha value is -3.03. The summed E-state index contributed by atoms with van der Waals surface area (Å²) < 4.78 is 10.2. The lowest BCUT2D eigenvalue weighted by Gasteiger charge is -2.09. The highest BCUT2D eigenvalue weighted by Gasteiger charge is 2.13. The van der Waals surface area contributed by atoms with Crippen LogP contribution in [0.3, 0.4) is 0 Å². The summed E-state index contributed by atoms with van der Waals surface area (Å²) in [6.07, 6.45) is 0. The number of hydrogen-bond acceptors (Lipinski definition) is 6. The second-order valence-electron chi connectivity index (χ2n) is 4.07. The van der Waals surface area contributed by atoms with Gasteiger partial charge in [-0.1, -0.05) is 0 Å². The fourth-order valence-electron chi connectivity index (χ4n) is 1.72. The van der Waals surface area contributed by atoms with Gasteiger partial charge in [-0.3, -0.25) is 10.1 Å². The number of carboxylic acid groups (broad SMARTS) is 1. The summed E-state index contributed by atoms with van der Waals surface area (Å²) in [5.74, 6) is -0.501. The maximum atomic E-state index is 10.8. The highest BCUT2D eigenvalue weighted by Crippen LogP contribution is 2.29. The average Bonchev–Trinajstić information content (AvgIpc) is 2.93. The van der Waals surface area contributed by atoms with Crippen molar-refractivity contribution in [2.75, 3.05) is 12.4 Å². The van der Waals surface area contributed by atoms with Gasteiger partial charge in [0.25, 0.3) is 5.69 Å². The average molecular weight is 292 g/mol. The number of nitro benzene ring substituents is 1. The number of carbonyl (C=O) groups is 1. The quantitative estimate of drug-likeness (QED) is 0.620. The van der Waals surface area contributed by atoms with E-state index in [1.807, 2.05) is 0 Å². The van der Waals surface area contributed by atoms with Crippen LogP contribution in [0.4, 0.5) is 11.4 Å². The van der Waals surface area contributed by atoms with Crippen molar-refractivity contribution in [1.82, 2.24) is 0 Å². The monoisotopic (exact) mass is 292 g/mol. The van der Waals surface area contributed by atoms with E-state index < -0.39 is 10.9 Å². The fourth-order valence-corrected chi connectivity index (χ4v) is 1.72. The Morgan fingerprint density at radius 1 is 1.43 bits per heavy atom. The molecule has 1 aromatic heterocycles. The molecule has 0 unspecified atom stereocenters. The molecule has 2 rings (SSSR count). The molecule has 0 bridgehead atoms. The van der Waals surface area contributed by atoms with Gasteiger partial charge in [-0.25, -0.2) is 4.79 Å². The molecule has 2 aromatic rings. The molecule has 8 nitrogen and oxygen atoms in total. The number of nitro groups is 1. The largest absolute Gasteiger partial charge is 0.495 e. The molecule has 0 saturated carbocycles. The van der Waals surface area contributed by atoms with Crippen LogP contribution in [-0.4, -0.2) is 23.1 Å². The molecular weight excluding hydrogens is 280 g/mol. The molecule has 21 heavy (non-hydrogen) atoms.